The minimum absolute atomic E-state index is 0.152. The van der Waals surface area contributed by atoms with E-state index in [0.29, 0.717) is 13.2 Å². The minimum atomic E-state index is -0.842. The molecule has 2 aliphatic rings. The molecule has 4 nitrogen and oxygen atoms in total. The Bertz CT molecular complexity index is 402. The summed E-state index contributed by atoms with van der Waals surface area (Å²) in [5.41, 5.74) is 2.14. The van der Waals surface area contributed by atoms with Gasteiger partial charge in [-0.3, -0.25) is 4.65 Å². The van der Waals surface area contributed by atoms with E-state index >= 15 is 0 Å². The van der Waals surface area contributed by atoms with E-state index in [1.165, 1.54) is 6.42 Å². The normalized spacial score (nSPS) is 30.8. The number of carbonyl (C=O) groups is 1. The van der Waals surface area contributed by atoms with Crippen molar-refractivity contribution in [2.75, 3.05) is 19.7 Å². The largest absolute Gasteiger partial charge is 0.622 e. The number of rotatable bonds is 3. The predicted molar refractivity (Wildman–Crippen MR) is 74.2 cm³/mol. The van der Waals surface area contributed by atoms with Gasteiger partial charge in [0, 0.05) is 12.3 Å². The van der Waals surface area contributed by atoms with Crippen molar-refractivity contribution in [2.45, 2.75) is 39.0 Å². The van der Waals surface area contributed by atoms with Crippen molar-refractivity contribution in [3.63, 3.8) is 0 Å². The molecule has 0 N–H and O–H groups in total. The van der Waals surface area contributed by atoms with E-state index in [0.717, 1.165) is 36.8 Å². The first-order valence-electron chi connectivity index (χ1n) is 7.10. The summed E-state index contributed by atoms with van der Waals surface area (Å²) in [4.78, 5) is 12.0. The maximum absolute atomic E-state index is 12.4. The van der Waals surface area contributed by atoms with Crippen molar-refractivity contribution in [3.05, 3.63) is 29.0 Å². The minimum Gasteiger partial charge on any atom is -0.622 e. The monoisotopic (exact) mass is 265 g/mol. The summed E-state index contributed by atoms with van der Waals surface area (Å²) in [5.74, 6) is 0.152. The van der Waals surface area contributed by atoms with Crippen molar-refractivity contribution >= 4 is 6.09 Å². The second-order valence-electron chi connectivity index (χ2n) is 5.79. The smallest absolute Gasteiger partial charge is 0.516 e. The Labute approximate surface area is 114 Å². The topological polar surface area (TPSA) is 49.4 Å². The van der Waals surface area contributed by atoms with Crippen LogP contribution in [0.15, 0.2) is 23.8 Å². The molecule has 2 unspecified atom stereocenters. The molecule has 0 aromatic heterocycles. The molecule has 2 atom stereocenters. The van der Waals surface area contributed by atoms with Gasteiger partial charge < -0.3 is 9.94 Å². The first-order valence-corrected chi connectivity index (χ1v) is 7.10. The van der Waals surface area contributed by atoms with Gasteiger partial charge in [0.1, 0.15) is 6.61 Å². The summed E-state index contributed by atoms with van der Waals surface area (Å²) < 4.78 is 4.38. The van der Waals surface area contributed by atoms with Gasteiger partial charge in [0.15, 0.2) is 0 Å². The number of carbonyl (C=O) groups excluding carboxylic acids is 1. The molecule has 19 heavy (non-hydrogen) atoms. The van der Waals surface area contributed by atoms with Crippen LogP contribution in [0.25, 0.3) is 0 Å². The Morgan fingerprint density at radius 3 is 2.95 bits per heavy atom. The summed E-state index contributed by atoms with van der Waals surface area (Å²) in [6.07, 6.45) is 6.64. The number of hydrogen-bond donors (Lipinski definition) is 0. The van der Waals surface area contributed by atoms with Crippen LogP contribution in [0.5, 0.6) is 0 Å². The fourth-order valence-electron chi connectivity index (χ4n) is 2.78. The number of quaternary nitrogens is 1. The molecule has 1 saturated heterocycles. The quantitative estimate of drug-likeness (QED) is 0.445. The average Bonchev–Trinajstić information content (AvgIpc) is 2.81. The number of allylic oxidation sites excluding steroid dienone is 1. The SMILES string of the molecule is C=C(C)C1CC[N+]([O-])(C(=O)OCC2=CCCCC2)C1. The van der Waals surface area contributed by atoms with Gasteiger partial charge in [-0.15, -0.1) is 0 Å². The molecule has 1 aliphatic heterocycles. The van der Waals surface area contributed by atoms with Crippen LogP contribution in [0.1, 0.15) is 39.0 Å². The summed E-state index contributed by atoms with van der Waals surface area (Å²) in [6.45, 7) is 6.68. The molecule has 0 spiro atoms. The van der Waals surface area contributed by atoms with Crippen molar-refractivity contribution < 1.29 is 14.2 Å². The van der Waals surface area contributed by atoms with Gasteiger partial charge in [-0.05, 0) is 38.2 Å². The van der Waals surface area contributed by atoms with Crippen LogP contribution in [0, 0.1) is 11.1 Å². The van der Waals surface area contributed by atoms with Gasteiger partial charge in [0.25, 0.3) is 0 Å². The molecule has 0 saturated carbocycles. The number of hydrogen-bond acceptors (Lipinski definition) is 3. The van der Waals surface area contributed by atoms with Gasteiger partial charge in [-0.25, -0.2) is 0 Å². The predicted octanol–water partition coefficient (Wildman–Crippen LogP) is 3.53. The zero-order valence-corrected chi connectivity index (χ0v) is 11.7. The lowest BCUT2D eigenvalue weighted by molar-refractivity contribution is -0.795. The number of likely N-dealkylation sites (tertiary alicyclic amines) is 1. The molecular weight excluding hydrogens is 242 g/mol. The van der Waals surface area contributed by atoms with Crippen LogP contribution in [-0.2, 0) is 4.74 Å². The van der Waals surface area contributed by atoms with Crippen LogP contribution >= 0.6 is 0 Å². The van der Waals surface area contributed by atoms with E-state index in [2.05, 4.69) is 12.7 Å². The van der Waals surface area contributed by atoms with Crippen molar-refractivity contribution in [1.82, 2.24) is 0 Å². The first-order chi connectivity index (χ1) is 9.01. The third-order valence-corrected chi connectivity index (χ3v) is 4.15. The molecule has 1 amide bonds. The van der Waals surface area contributed by atoms with Crippen LogP contribution in [0.4, 0.5) is 4.79 Å². The molecule has 1 fully saturated rings. The highest BCUT2D eigenvalue weighted by Gasteiger charge is 2.39. The summed E-state index contributed by atoms with van der Waals surface area (Å²) in [7, 11) is 0. The van der Waals surface area contributed by atoms with Crippen LogP contribution in [0.3, 0.4) is 0 Å². The van der Waals surface area contributed by atoms with E-state index < -0.39 is 10.7 Å². The highest BCUT2D eigenvalue weighted by molar-refractivity contribution is 5.60. The highest BCUT2D eigenvalue weighted by atomic mass is 16.7. The summed E-state index contributed by atoms with van der Waals surface area (Å²) in [5, 5.41) is 12.4. The number of hydroxylamine groups is 3. The van der Waals surface area contributed by atoms with Gasteiger partial charge >= 0.3 is 6.09 Å². The zero-order valence-electron chi connectivity index (χ0n) is 11.7. The van der Waals surface area contributed by atoms with Gasteiger partial charge in [-0.1, -0.05) is 18.2 Å². The van der Waals surface area contributed by atoms with E-state index in [-0.39, 0.29) is 12.5 Å². The average molecular weight is 265 g/mol. The molecule has 0 bridgehead atoms. The molecule has 0 aromatic rings. The fourth-order valence-corrected chi connectivity index (χ4v) is 2.78. The summed E-state index contributed by atoms with van der Waals surface area (Å²) >= 11 is 0. The lowest BCUT2D eigenvalue weighted by Crippen LogP contribution is -2.46. The Balaban J connectivity index is 1.86. The Morgan fingerprint density at radius 2 is 2.37 bits per heavy atom. The molecular formula is C15H23NO3. The van der Waals surface area contributed by atoms with Gasteiger partial charge in [-0.2, -0.15) is 4.79 Å². The molecule has 2 rings (SSSR count). The molecule has 1 aliphatic carbocycles. The van der Waals surface area contributed by atoms with Gasteiger partial charge in [0.2, 0.25) is 0 Å². The summed E-state index contributed by atoms with van der Waals surface area (Å²) in [6, 6.07) is 0. The Morgan fingerprint density at radius 1 is 1.58 bits per heavy atom. The van der Waals surface area contributed by atoms with E-state index in [9.17, 15) is 10.0 Å². The standard InChI is InChI=1S/C15H23NO3/c1-12(2)14-8-9-16(18,10-14)15(17)19-11-13-6-4-3-5-7-13/h6,14H,1,3-5,7-11H2,2H3. The van der Waals surface area contributed by atoms with Crippen molar-refractivity contribution in [2.24, 2.45) is 5.92 Å². The van der Waals surface area contributed by atoms with Crippen LogP contribution < -0.4 is 0 Å². The molecule has 0 radical (unpaired) electrons. The van der Waals surface area contributed by atoms with Crippen LogP contribution in [0.2, 0.25) is 0 Å². The molecule has 106 valence electrons. The number of amides is 1. The lowest BCUT2D eigenvalue weighted by atomic mass is 10.0. The second kappa shape index (κ2) is 5.88. The second-order valence-corrected chi connectivity index (χ2v) is 5.79. The van der Waals surface area contributed by atoms with E-state index in [1.807, 2.05) is 6.92 Å². The number of ether oxygens (including phenoxy) is 1. The molecule has 1 heterocycles. The molecule has 0 aromatic carbocycles. The zero-order chi connectivity index (χ0) is 13.9. The fraction of sp³-hybridized carbons (Fsp3) is 0.667. The van der Waals surface area contributed by atoms with Crippen molar-refractivity contribution in [3.8, 4) is 0 Å². The van der Waals surface area contributed by atoms with E-state index in [1.54, 1.807) is 0 Å². The Kier molecular flexibility index (Phi) is 4.42. The third kappa shape index (κ3) is 3.45. The number of nitrogens with zero attached hydrogens (tertiary/aromatic N) is 1. The lowest BCUT2D eigenvalue weighted by Gasteiger charge is -2.33. The highest BCUT2D eigenvalue weighted by Crippen LogP contribution is 2.29. The van der Waals surface area contributed by atoms with E-state index in [4.69, 9.17) is 4.74 Å². The molecule has 4 heteroatoms. The third-order valence-electron chi connectivity index (χ3n) is 4.15. The van der Waals surface area contributed by atoms with Gasteiger partial charge in [0.05, 0.1) is 13.1 Å². The maximum atomic E-state index is 12.4. The first kappa shape index (κ1) is 14.3. The van der Waals surface area contributed by atoms with Crippen molar-refractivity contribution in [1.29, 1.82) is 0 Å². The maximum Gasteiger partial charge on any atom is 0.516 e. The van der Waals surface area contributed by atoms with Crippen LogP contribution in [-0.4, -0.2) is 30.4 Å². The Hall–Kier alpha value is -1.13.